The molecule has 2 heterocycles. The Morgan fingerprint density at radius 2 is 2.05 bits per heavy atom. The minimum atomic E-state index is -0.766. The molecule has 5 heteroatoms. The lowest BCUT2D eigenvalue weighted by molar-refractivity contribution is -0.142. The van der Waals surface area contributed by atoms with Gasteiger partial charge in [0.2, 0.25) is 5.91 Å². The topological polar surface area (TPSA) is 69.6 Å². The van der Waals surface area contributed by atoms with E-state index in [0.717, 1.165) is 51.7 Å². The average Bonchev–Trinajstić information content (AvgIpc) is 2.45. The van der Waals surface area contributed by atoms with Crippen LogP contribution in [0.5, 0.6) is 0 Å². The second-order valence-electron chi connectivity index (χ2n) is 5.66. The molecule has 5 nitrogen and oxygen atoms in total. The minimum absolute atomic E-state index is 0.0965. The van der Waals surface area contributed by atoms with Crippen molar-refractivity contribution in [2.75, 3.05) is 19.6 Å². The monoisotopic (exact) mass is 268 g/mol. The van der Waals surface area contributed by atoms with Gasteiger partial charge in [0, 0.05) is 25.6 Å². The highest BCUT2D eigenvalue weighted by Gasteiger charge is 2.32. The van der Waals surface area contributed by atoms with Gasteiger partial charge in [-0.15, -0.1) is 0 Å². The fourth-order valence-electron chi connectivity index (χ4n) is 3.18. The van der Waals surface area contributed by atoms with Crippen LogP contribution in [0.1, 0.15) is 44.9 Å². The van der Waals surface area contributed by atoms with Gasteiger partial charge in [-0.25, -0.2) is 0 Å². The Morgan fingerprint density at radius 1 is 1.21 bits per heavy atom. The highest BCUT2D eigenvalue weighted by Crippen LogP contribution is 2.24. The molecule has 2 fully saturated rings. The van der Waals surface area contributed by atoms with Crippen molar-refractivity contribution < 1.29 is 14.7 Å². The number of carboxylic acid groups (broad SMARTS) is 1. The van der Waals surface area contributed by atoms with Gasteiger partial charge in [-0.1, -0.05) is 0 Å². The van der Waals surface area contributed by atoms with Crippen LogP contribution < -0.4 is 5.32 Å². The largest absolute Gasteiger partial charge is 0.481 e. The molecule has 2 atom stereocenters. The van der Waals surface area contributed by atoms with E-state index in [9.17, 15) is 9.59 Å². The summed E-state index contributed by atoms with van der Waals surface area (Å²) in [4.78, 5) is 25.2. The third kappa shape index (κ3) is 3.93. The number of hydrogen-bond donors (Lipinski definition) is 2. The van der Waals surface area contributed by atoms with Crippen molar-refractivity contribution in [3.05, 3.63) is 0 Å². The Hall–Kier alpha value is -1.10. The molecule has 2 aliphatic heterocycles. The lowest BCUT2D eigenvalue weighted by Crippen LogP contribution is -2.49. The predicted molar refractivity (Wildman–Crippen MR) is 71.8 cm³/mol. The number of amides is 1. The SMILES string of the molecule is O=C(O)CCC1CCCCN1C(=O)[C@H]1CCCNC1. The summed E-state index contributed by atoms with van der Waals surface area (Å²) >= 11 is 0. The van der Waals surface area contributed by atoms with Crippen LogP contribution in [0, 0.1) is 5.92 Å². The number of carbonyl (C=O) groups is 2. The third-order valence-corrected chi connectivity index (χ3v) is 4.25. The second kappa shape index (κ2) is 6.89. The zero-order valence-electron chi connectivity index (χ0n) is 11.4. The quantitative estimate of drug-likeness (QED) is 0.804. The van der Waals surface area contributed by atoms with Crippen LogP contribution in [0.2, 0.25) is 0 Å². The molecular weight excluding hydrogens is 244 g/mol. The summed E-state index contributed by atoms with van der Waals surface area (Å²) in [5, 5.41) is 12.1. The second-order valence-corrected chi connectivity index (χ2v) is 5.66. The first-order valence-electron chi connectivity index (χ1n) is 7.41. The summed E-state index contributed by atoms with van der Waals surface area (Å²) in [7, 11) is 0. The van der Waals surface area contributed by atoms with Gasteiger partial charge in [-0.3, -0.25) is 9.59 Å². The van der Waals surface area contributed by atoms with Crippen LogP contribution in [0.4, 0.5) is 0 Å². The number of carbonyl (C=O) groups excluding carboxylic acids is 1. The van der Waals surface area contributed by atoms with Gasteiger partial charge in [0.05, 0.1) is 5.92 Å². The molecule has 0 aromatic carbocycles. The molecule has 0 aromatic heterocycles. The number of rotatable bonds is 4. The van der Waals surface area contributed by atoms with Gasteiger partial charge in [-0.2, -0.15) is 0 Å². The Balaban J connectivity index is 1.93. The first-order valence-corrected chi connectivity index (χ1v) is 7.41. The van der Waals surface area contributed by atoms with E-state index in [2.05, 4.69) is 5.32 Å². The summed E-state index contributed by atoms with van der Waals surface area (Å²) in [5.41, 5.74) is 0. The number of likely N-dealkylation sites (tertiary alicyclic amines) is 1. The number of nitrogens with zero attached hydrogens (tertiary/aromatic N) is 1. The number of piperidine rings is 2. The van der Waals surface area contributed by atoms with E-state index in [1.807, 2.05) is 4.90 Å². The van der Waals surface area contributed by atoms with E-state index < -0.39 is 5.97 Å². The Kier molecular flexibility index (Phi) is 5.19. The summed E-state index contributed by atoms with van der Waals surface area (Å²) < 4.78 is 0. The van der Waals surface area contributed by atoms with Crippen molar-refractivity contribution in [3.63, 3.8) is 0 Å². The zero-order valence-corrected chi connectivity index (χ0v) is 11.4. The van der Waals surface area contributed by atoms with Gasteiger partial charge in [0.1, 0.15) is 0 Å². The fourth-order valence-corrected chi connectivity index (χ4v) is 3.18. The number of aliphatic carboxylic acids is 1. The van der Waals surface area contributed by atoms with Gasteiger partial charge in [-0.05, 0) is 45.1 Å². The van der Waals surface area contributed by atoms with Crippen molar-refractivity contribution >= 4 is 11.9 Å². The molecule has 108 valence electrons. The van der Waals surface area contributed by atoms with Crippen molar-refractivity contribution in [3.8, 4) is 0 Å². The van der Waals surface area contributed by atoms with Crippen LogP contribution in [-0.4, -0.2) is 47.6 Å². The number of hydrogen-bond acceptors (Lipinski definition) is 3. The number of nitrogens with one attached hydrogen (secondary N) is 1. The van der Waals surface area contributed by atoms with Crippen LogP contribution in [0.25, 0.3) is 0 Å². The van der Waals surface area contributed by atoms with Gasteiger partial charge in [0.25, 0.3) is 0 Å². The van der Waals surface area contributed by atoms with E-state index in [-0.39, 0.29) is 24.3 Å². The predicted octanol–water partition coefficient (Wildman–Crippen LogP) is 1.23. The molecule has 2 rings (SSSR count). The minimum Gasteiger partial charge on any atom is -0.481 e. The van der Waals surface area contributed by atoms with Crippen LogP contribution >= 0.6 is 0 Å². The molecule has 0 radical (unpaired) electrons. The van der Waals surface area contributed by atoms with Crippen LogP contribution in [0.15, 0.2) is 0 Å². The van der Waals surface area contributed by atoms with Gasteiger partial charge >= 0.3 is 5.97 Å². The molecule has 2 N–H and O–H groups in total. The normalized spacial score (nSPS) is 28.1. The van der Waals surface area contributed by atoms with Crippen molar-refractivity contribution in [2.24, 2.45) is 5.92 Å². The molecule has 0 saturated carbocycles. The molecule has 1 amide bonds. The van der Waals surface area contributed by atoms with Crippen LogP contribution in [0.3, 0.4) is 0 Å². The summed E-state index contributed by atoms with van der Waals surface area (Å²) in [6.45, 7) is 2.59. The highest BCUT2D eigenvalue weighted by atomic mass is 16.4. The Labute approximate surface area is 114 Å². The average molecular weight is 268 g/mol. The summed E-state index contributed by atoms with van der Waals surface area (Å²) in [5.74, 6) is -0.432. The maximum atomic E-state index is 12.5. The lowest BCUT2D eigenvalue weighted by atomic mass is 9.93. The van der Waals surface area contributed by atoms with Crippen molar-refractivity contribution in [1.82, 2.24) is 10.2 Å². The van der Waals surface area contributed by atoms with Crippen molar-refractivity contribution in [2.45, 2.75) is 51.0 Å². The van der Waals surface area contributed by atoms with E-state index in [4.69, 9.17) is 5.11 Å². The van der Waals surface area contributed by atoms with Crippen LogP contribution in [-0.2, 0) is 9.59 Å². The molecule has 1 unspecified atom stereocenters. The third-order valence-electron chi connectivity index (χ3n) is 4.25. The molecule has 0 aromatic rings. The van der Waals surface area contributed by atoms with Crippen molar-refractivity contribution in [1.29, 1.82) is 0 Å². The van der Waals surface area contributed by atoms with E-state index in [1.54, 1.807) is 0 Å². The van der Waals surface area contributed by atoms with E-state index in [1.165, 1.54) is 0 Å². The molecule has 0 aliphatic carbocycles. The number of carboxylic acids is 1. The molecule has 2 aliphatic rings. The maximum absolute atomic E-state index is 12.5. The fraction of sp³-hybridized carbons (Fsp3) is 0.857. The first-order chi connectivity index (χ1) is 9.18. The smallest absolute Gasteiger partial charge is 0.303 e. The Bertz CT molecular complexity index is 327. The standard InChI is InChI=1S/C14H24N2O3/c17-13(18)7-6-12-5-1-2-9-16(12)14(19)11-4-3-8-15-10-11/h11-12,15H,1-10H2,(H,17,18)/t11-,12?/m0/s1. The summed E-state index contributed by atoms with van der Waals surface area (Å²) in [6.07, 6.45) is 5.90. The van der Waals surface area contributed by atoms with Gasteiger partial charge < -0.3 is 15.3 Å². The lowest BCUT2D eigenvalue weighted by Gasteiger charge is -2.38. The molecule has 19 heavy (non-hydrogen) atoms. The maximum Gasteiger partial charge on any atom is 0.303 e. The first kappa shape index (κ1) is 14.3. The Morgan fingerprint density at radius 3 is 2.74 bits per heavy atom. The zero-order chi connectivity index (χ0) is 13.7. The van der Waals surface area contributed by atoms with E-state index >= 15 is 0 Å². The van der Waals surface area contributed by atoms with E-state index in [0.29, 0.717) is 6.42 Å². The molecule has 2 saturated heterocycles. The highest BCUT2D eigenvalue weighted by molar-refractivity contribution is 5.79. The molecular formula is C14H24N2O3. The summed E-state index contributed by atoms with van der Waals surface area (Å²) in [6, 6.07) is 0.138. The molecule has 0 spiro atoms. The molecule has 0 bridgehead atoms. The van der Waals surface area contributed by atoms with Gasteiger partial charge in [0.15, 0.2) is 0 Å².